The third-order valence-corrected chi connectivity index (χ3v) is 2.78. The topological polar surface area (TPSA) is 17.1 Å². The van der Waals surface area contributed by atoms with Gasteiger partial charge in [-0.1, -0.05) is 0 Å². The smallest absolute Gasteiger partial charge is 0.276 e. The summed E-state index contributed by atoms with van der Waals surface area (Å²) >= 11 is 5.85. The molecule has 0 aliphatic rings. The molecule has 1 nitrogen and oxygen atoms in total. The maximum absolute atomic E-state index is 11.9. The molecular formula is C9H6ClF3OS. The van der Waals surface area contributed by atoms with E-state index in [1.54, 1.807) is 0 Å². The van der Waals surface area contributed by atoms with Crippen molar-refractivity contribution in [2.75, 3.05) is 5.75 Å². The van der Waals surface area contributed by atoms with Crippen LogP contribution in [0.25, 0.3) is 0 Å². The van der Waals surface area contributed by atoms with Crippen LogP contribution in [-0.4, -0.2) is 17.2 Å². The molecule has 0 bridgehead atoms. The van der Waals surface area contributed by atoms with Gasteiger partial charge in [0.25, 0.3) is 5.24 Å². The summed E-state index contributed by atoms with van der Waals surface area (Å²) < 4.78 is 35.6. The number of benzene rings is 1. The van der Waals surface area contributed by atoms with Gasteiger partial charge < -0.3 is 0 Å². The van der Waals surface area contributed by atoms with Gasteiger partial charge in [-0.2, -0.15) is 13.2 Å². The molecule has 82 valence electrons. The molecule has 0 N–H and O–H groups in total. The lowest BCUT2D eigenvalue weighted by Crippen LogP contribution is -2.10. The van der Waals surface area contributed by atoms with E-state index in [0.717, 1.165) is 0 Å². The number of rotatable bonds is 3. The predicted octanol–water partition coefficient (Wildman–Crippen LogP) is 3.72. The van der Waals surface area contributed by atoms with Crippen LogP contribution in [-0.2, 0) is 0 Å². The molecule has 0 atom stereocenters. The normalized spacial score (nSPS) is 11.5. The first-order valence-corrected chi connectivity index (χ1v) is 5.24. The molecule has 0 aromatic heterocycles. The van der Waals surface area contributed by atoms with Crippen molar-refractivity contribution in [3.63, 3.8) is 0 Å². The number of carbonyl (C=O) groups is 1. The third kappa shape index (κ3) is 4.57. The highest BCUT2D eigenvalue weighted by atomic mass is 35.5. The molecule has 0 spiro atoms. The zero-order chi connectivity index (χ0) is 11.5. The van der Waals surface area contributed by atoms with Crippen LogP contribution in [0, 0.1) is 0 Å². The summed E-state index contributed by atoms with van der Waals surface area (Å²) in [6.07, 6.45) is -4.19. The molecule has 0 unspecified atom stereocenters. The van der Waals surface area contributed by atoms with E-state index in [-0.39, 0.29) is 5.56 Å². The van der Waals surface area contributed by atoms with Gasteiger partial charge >= 0.3 is 6.18 Å². The van der Waals surface area contributed by atoms with Crippen molar-refractivity contribution >= 4 is 28.6 Å². The molecule has 0 radical (unpaired) electrons. The van der Waals surface area contributed by atoms with Gasteiger partial charge in [0.2, 0.25) is 0 Å². The Bertz CT molecular complexity index is 347. The number of carbonyl (C=O) groups excluding carboxylic acids is 1. The molecule has 0 heterocycles. The fourth-order valence-corrected chi connectivity index (χ4v) is 1.63. The maximum Gasteiger partial charge on any atom is 0.398 e. The number of alkyl halides is 3. The van der Waals surface area contributed by atoms with Gasteiger partial charge in [0.15, 0.2) is 0 Å². The Morgan fingerprint density at radius 3 is 2.20 bits per heavy atom. The third-order valence-electron chi connectivity index (χ3n) is 1.48. The minimum atomic E-state index is -4.19. The second-order valence-corrected chi connectivity index (χ2v) is 4.09. The van der Waals surface area contributed by atoms with Gasteiger partial charge in [0.05, 0.1) is 5.75 Å². The van der Waals surface area contributed by atoms with Gasteiger partial charge in [-0.25, -0.2) is 0 Å². The molecule has 0 saturated carbocycles. The average Bonchev–Trinajstić information content (AvgIpc) is 2.14. The summed E-state index contributed by atoms with van der Waals surface area (Å²) in [5.74, 6) is -0.943. The van der Waals surface area contributed by atoms with Crippen molar-refractivity contribution in [1.82, 2.24) is 0 Å². The second kappa shape index (κ2) is 4.90. The molecule has 0 saturated heterocycles. The molecule has 15 heavy (non-hydrogen) atoms. The minimum absolute atomic E-state index is 0.271. The van der Waals surface area contributed by atoms with Crippen LogP contribution in [0.15, 0.2) is 29.2 Å². The Hall–Kier alpha value is -0.680. The largest absolute Gasteiger partial charge is 0.398 e. The number of thioether (sulfide) groups is 1. The Kier molecular flexibility index (Phi) is 4.04. The van der Waals surface area contributed by atoms with Crippen LogP contribution in [0.2, 0.25) is 0 Å². The summed E-state index contributed by atoms with van der Waals surface area (Å²) in [4.78, 5) is 11.1. The molecule has 6 heteroatoms. The quantitative estimate of drug-likeness (QED) is 0.604. The first-order valence-electron chi connectivity index (χ1n) is 3.88. The van der Waals surface area contributed by atoms with E-state index in [9.17, 15) is 18.0 Å². The van der Waals surface area contributed by atoms with E-state index in [1.807, 2.05) is 0 Å². The van der Waals surface area contributed by atoms with Crippen molar-refractivity contribution in [1.29, 1.82) is 0 Å². The van der Waals surface area contributed by atoms with Crippen LogP contribution in [0.5, 0.6) is 0 Å². The van der Waals surface area contributed by atoms with Crippen LogP contribution in [0.3, 0.4) is 0 Å². The fraction of sp³-hybridized carbons (Fsp3) is 0.222. The fourth-order valence-electron chi connectivity index (χ4n) is 0.847. The molecule has 0 aliphatic heterocycles. The van der Waals surface area contributed by atoms with Gasteiger partial charge in [-0.3, -0.25) is 4.79 Å². The highest BCUT2D eigenvalue weighted by molar-refractivity contribution is 7.99. The van der Waals surface area contributed by atoms with E-state index in [2.05, 4.69) is 0 Å². The summed E-state index contributed by atoms with van der Waals surface area (Å²) in [7, 11) is 0. The summed E-state index contributed by atoms with van der Waals surface area (Å²) in [6, 6.07) is 5.67. The number of hydrogen-bond acceptors (Lipinski definition) is 2. The molecule has 1 aromatic rings. The maximum atomic E-state index is 11.9. The van der Waals surface area contributed by atoms with E-state index < -0.39 is 17.2 Å². The Labute approximate surface area is 93.6 Å². The standard InChI is InChI=1S/C9H6ClF3OS/c10-8(14)6-1-3-7(4-2-6)15-5-9(11,12)13/h1-4H,5H2. The van der Waals surface area contributed by atoms with E-state index in [1.165, 1.54) is 24.3 Å². The van der Waals surface area contributed by atoms with Gasteiger partial charge in [-0.05, 0) is 35.9 Å². The van der Waals surface area contributed by atoms with Crippen molar-refractivity contribution in [3.8, 4) is 0 Å². The number of hydrogen-bond donors (Lipinski definition) is 0. The lowest BCUT2D eigenvalue weighted by Gasteiger charge is -2.05. The SMILES string of the molecule is O=C(Cl)c1ccc(SCC(F)(F)F)cc1. The first-order chi connectivity index (χ1) is 6.88. The highest BCUT2D eigenvalue weighted by Gasteiger charge is 2.27. The van der Waals surface area contributed by atoms with Crippen LogP contribution in [0.1, 0.15) is 10.4 Å². The lowest BCUT2D eigenvalue weighted by atomic mass is 10.2. The van der Waals surface area contributed by atoms with E-state index >= 15 is 0 Å². The van der Waals surface area contributed by atoms with Gasteiger partial charge in [0.1, 0.15) is 0 Å². The van der Waals surface area contributed by atoms with Crippen molar-refractivity contribution in [2.45, 2.75) is 11.1 Å². The lowest BCUT2D eigenvalue weighted by molar-refractivity contribution is -0.105. The summed E-state index contributed by atoms with van der Waals surface area (Å²) in [6.45, 7) is 0. The second-order valence-electron chi connectivity index (χ2n) is 2.70. The summed E-state index contributed by atoms with van der Waals surface area (Å²) in [5, 5.41) is -0.623. The predicted molar refractivity (Wildman–Crippen MR) is 53.4 cm³/mol. The summed E-state index contributed by atoms with van der Waals surface area (Å²) in [5.41, 5.74) is 0.271. The molecule has 1 rings (SSSR count). The monoisotopic (exact) mass is 254 g/mol. The van der Waals surface area contributed by atoms with E-state index in [4.69, 9.17) is 11.6 Å². The molecular weight excluding hydrogens is 249 g/mol. The van der Waals surface area contributed by atoms with Crippen LogP contribution >= 0.6 is 23.4 Å². The Morgan fingerprint density at radius 2 is 1.80 bits per heavy atom. The van der Waals surface area contributed by atoms with Crippen molar-refractivity contribution in [2.24, 2.45) is 0 Å². The zero-order valence-electron chi connectivity index (χ0n) is 7.34. The minimum Gasteiger partial charge on any atom is -0.276 e. The van der Waals surface area contributed by atoms with E-state index in [0.29, 0.717) is 16.7 Å². The highest BCUT2D eigenvalue weighted by Crippen LogP contribution is 2.27. The molecule has 0 aliphatic carbocycles. The number of halogens is 4. The van der Waals surface area contributed by atoms with Gasteiger partial charge in [-0.15, -0.1) is 11.8 Å². The molecule has 0 fully saturated rings. The molecule has 1 aromatic carbocycles. The Morgan fingerprint density at radius 1 is 1.27 bits per heavy atom. The zero-order valence-corrected chi connectivity index (χ0v) is 8.92. The Balaban J connectivity index is 2.61. The van der Waals surface area contributed by atoms with Crippen LogP contribution < -0.4 is 0 Å². The van der Waals surface area contributed by atoms with Crippen molar-refractivity contribution in [3.05, 3.63) is 29.8 Å². The van der Waals surface area contributed by atoms with Crippen LogP contribution in [0.4, 0.5) is 13.2 Å². The average molecular weight is 255 g/mol. The molecule has 0 amide bonds. The van der Waals surface area contributed by atoms with Crippen molar-refractivity contribution < 1.29 is 18.0 Å². The first kappa shape index (κ1) is 12.4. The van der Waals surface area contributed by atoms with Gasteiger partial charge in [0, 0.05) is 10.5 Å².